The summed E-state index contributed by atoms with van der Waals surface area (Å²) in [6.45, 7) is 1.27. The van der Waals surface area contributed by atoms with Crippen LogP contribution in [0.1, 0.15) is 24.2 Å². The van der Waals surface area contributed by atoms with Gasteiger partial charge in [-0.1, -0.05) is 12.1 Å². The van der Waals surface area contributed by atoms with Crippen LogP contribution in [0.2, 0.25) is 0 Å². The van der Waals surface area contributed by atoms with Gasteiger partial charge in [0, 0.05) is 42.9 Å². The zero-order valence-electron chi connectivity index (χ0n) is 12.9. The molecule has 23 heavy (non-hydrogen) atoms. The maximum absolute atomic E-state index is 11.1. The summed E-state index contributed by atoms with van der Waals surface area (Å²) in [5.74, 6) is 0.157. The van der Waals surface area contributed by atoms with Gasteiger partial charge in [-0.25, -0.2) is 4.98 Å². The van der Waals surface area contributed by atoms with Gasteiger partial charge in [-0.3, -0.25) is 0 Å². The van der Waals surface area contributed by atoms with Gasteiger partial charge in [0.15, 0.2) is 0 Å². The highest BCUT2D eigenvalue weighted by molar-refractivity contribution is 7.09. The lowest BCUT2D eigenvalue weighted by molar-refractivity contribution is -0.311. The van der Waals surface area contributed by atoms with E-state index in [1.165, 1.54) is 11.5 Å². The first-order valence-electron chi connectivity index (χ1n) is 7.57. The number of hydrogen-bond acceptors (Lipinski definition) is 7. The molecule has 0 unspecified atom stereocenters. The number of carbonyl (C=O) groups excluding carboxylic acids is 1. The van der Waals surface area contributed by atoms with E-state index >= 15 is 0 Å². The molecule has 2 aromatic rings. The number of aliphatic carboxylic acids is 1. The SMILES string of the molecule is COc1cccc(Cc2nsc(N3CCC[C@@H](C(=O)[O-])C3)n2)c1. The molecule has 122 valence electrons. The van der Waals surface area contributed by atoms with E-state index in [4.69, 9.17) is 4.74 Å². The third kappa shape index (κ3) is 3.79. The summed E-state index contributed by atoms with van der Waals surface area (Å²) in [6.07, 6.45) is 2.14. The summed E-state index contributed by atoms with van der Waals surface area (Å²) in [7, 11) is 1.64. The quantitative estimate of drug-likeness (QED) is 0.816. The van der Waals surface area contributed by atoms with Crippen LogP contribution in [0, 0.1) is 5.92 Å². The fourth-order valence-corrected chi connectivity index (χ4v) is 3.47. The van der Waals surface area contributed by atoms with Crippen LogP contribution in [-0.4, -0.2) is 35.5 Å². The Morgan fingerprint density at radius 1 is 1.52 bits per heavy atom. The molecular weight excluding hydrogens is 314 g/mol. The molecule has 1 aromatic heterocycles. The molecule has 0 bridgehead atoms. The minimum absolute atomic E-state index is 0.422. The van der Waals surface area contributed by atoms with E-state index in [-0.39, 0.29) is 0 Å². The van der Waals surface area contributed by atoms with Crippen molar-refractivity contribution >= 4 is 22.6 Å². The lowest BCUT2D eigenvalue weighted by Crippen LogP contribution is -2.43. The van der Waals surface area contributed by atoms with Gasteiger partial charge in [-0.15, -0.1) is 0 Å². The van der Waals surface area contributed by atoms with Crippen LogP contribution in [0.15, 0.2) is 24.3 Å². The number of rotatable bonds is 5. The Bertz CT molecular complexity index is 689. The Morgan fingerprint density at radius 3 is 3.17 bits per heavy atom. The summed E-state index contributed by atoms with van der Waals surface area (Å²) in [6, 6.07) is 7.82. The van der Waals surface area contributed by atoms with Crippen LogP contribution in [0.25, 0.3) is 0 Å². The van der Waals surface area contributed by atoms with E-state index in [0.29, 0.717) is 19.4 Å². The van der Waals surface area contributed by atoms with E-state index in [1.54, 1.807) is 7.11 Å². The second kappa shape index (κ2) is 6.95. The number of hydrogen-bond donors (Lipinski definition) is 0. The Labute approximate surface area is 138 Å². The topological polar surface area (TPSA) is 78.4 Å². The Morgan fingerprint density at radius 2 is 2.39 bits per heavy atom. The van der Waals surface area contributed by atoms with Gasteiger partial charge in [0.1, 0.15) is 11.6 Å². The Balaban J connectivity index is 1.69. The summed E-state index contributed by atoms with van der Waals surface area (Å²) in [5.41, 5.74) is 1.08. The first kappa shape index (κ1) is 15.7. The highest BCUT2D eigenvalue weighted by Crippen LogP contribution is 2.25. The lowest BCUT2D eigenvalue weighted by Gasteiger charge is -2.32. The van der Waals surface area contributed by atoms with Crippen LogP contribution < -0.4 is 14.7 Å². The van der Waals surface area contributed by atoms with Crippen molar-refractivity contribution in [1.29, 1.82) is 0 Å². The molecule has 1 aromatic carbocycles. The summed E-state index contributed by atoms with van der Waals surface area (Å²) in [5, 5.41) is 11.8. The lowest BCUT2D eigenvalue weighted by atomic mass is 9.99. The fraction of sp³-hybridized carbons (Fsp3) is 0.438. The zero-order valence-corrected chi connectivity index (χ0v) is 13.7. The molecule has 1 atom stereocenters. The minimum Gasteiger partial charge on any atom is -0.550 e. The van der Waals surface area contributed by atoms with Gasteiger partial charge in [0.2, 0.25) is 5.13 Å². The smallest absolute Gasteiger partial charge is 0.205 e. The van der Waals surface area contributed by atoms with Crippen molar-refractivity contribution in [3.8, 4) is 5.75 Å². The Kier molecular flexibility index (Phi) is 4.76. The second-order valence-electron chi connectivity index (χ2n) is 5.63. The standard InChI is InChI=1S/C16H19N3O3S/c1-22-13-6-2-4-11(8-13)9-14-17-16(23-18-14)19-7-3-5-12(10-19)15(20)21/h2,4,6,8,12H,3,5,7,9-10H2,1H3,(H,20,21)/p-1/t12-/m1/s1. The molecule has 1 aliphatic heterocycles. The highest BCUT2D eigenvalue weighted by atomic mass is 32.1. The van der Waals surface area contributed by atoms with Crippen LogP contribution in [-0.2, 0) is 11.2 Å². The molecule has 7 heteroatoms. The molecule has 0 amide bonds. The molecule has 3 rings (SSSR count). The monoisotopic (exact) mass is 332 g/mol. The first-order valence-corrected chi connectivity index (χ1v) is 8.34. The molecule has 0 radical (unpaired) electrons. The number of carboxylic acids is 1. The molecule has 1 saturated heterocycles. The molecule has 1 aliphatic rings. The van der Waals surface area contributed by atoms with Gasteiger partial charge < -0.3 is 19.5 Å². The number of piperidine rings is 1. The fourth-order valence-electron chi connectivity index (χ4n) is 2.75. The number of methoxy groups -OCH3 is 1. The van der Waals surface area contributed by atoms with E-state index in [0.717, 1.165) is 35.2 Å². The minimum atomic E-state index is -0.976. The third-order valence-electron chi connectivity index (χ3n) is 3.98. The van der Waals surface area contributed by atoms with Crippen molar-refractivity contribution in [3.05, 3.63) is 35.7 Å². The van der Waals surface area contributed by atoms with Crippen molar-refractivity contribution in [2.75, 3.05) is 25.1 Å². The van der Waals surface area contributed by atoms with Gasteiger partial charge in [-0.2, -0.15) is 4.37 Å². The van der Waals surface area contributed by atoms with Gasteiger partial charge in [0.25, 0.3) is 0 Å². The van der Waals surface area contributed by atoms with Crippen LogP contribution in [0.3, 0.4) is 0 Å². The van der Waals surface area contributed by atoms with E-state index in [2.05, 4.69) is 9.36 Å². The van der Waals surface area contributed by atoms with Crippen molar-refractivity contribution < 1.29 is 14.6 Å². The predicted octanol–water partition coefficient (Wildman–Crippen LogP) is 1.10. The Hall–Kier alpha value is -2.15. The third-order valence-corrected chi connectivity index (χ3v) is 4.79. The van der Waals surface area contributed by atoms with Gasteiger partial charge in [0.05, 0.1) is 7.11 Å². The van der Waals surface area contributed by atoms with Crippen LogP contribution >= 0.6 is 11.5 Å². The molecular formula is C16H18N3O3S-. The summed E-state index contributed by atoms with van der Waals surface area (Å²) >= 11 is 1.32. The average molecular weight is 332 g/mol. The number of nitrogens with zero attached hydrogens (tertiary/aromatic N) is 3. The molecule has 2 heterocycles. The predicted molar refractivity (Wildman–Crippen MR) is 85.7 cm³/mol. The second-order valence-corrected chi connectivity index (χ2v) is 6.36. The number of benzene rings is 1. The van der Waals surface area contributed by atoms with Gasteiger partial charge in [-0.05, 0) is 30.5 Å². The van der Waals surface area contributed by atoms with Crippen LogP contribution in [0.5, 0.6) is 5.75 Å². The maximum Gasteiger partial charge on any atom is 0.205 e. The number of carboxylic acid groups (broad SMARTS) is 1. The van der Waals surface area contributed by atoms with Crippen molar-refractivity contribution in [2.45, 2.75) is 19.3 Å². The first-order chi connectivity index (χ1) is 11.2. The molecule has 0 saturated carbocycles. The summed E-state index contributed by atoms with van der Waals surface area (Å²) in [4.78, 5) is 17.6. The molecule has 0 spiro atoms. The number of ether oxygens (including phenoxy) is 1. The van der Waals surface area contributed by atoms with Crippen molar-refractivity contribution in [3.63, 3.8) is 0 Å². The average Bonchev–Trinajstić information content (AvgIpc) is 3.03. The van der Waals surface area contributed by atoms with E-state index in [1.807, 2.05) is 29.2 Å². The van der Waals surface area contributed by atoms with Crippen LogP contribution in [0.4, 0.5) is 5.13 Å². The number of carbonyl (C=O) groups is 1. The molecule has 6 nitrogen and oxygen atoms in total. The van der Waals surface area contributed by atoms with E-state index < -0.39 is 11.9 Å². The molecule has 0 N–H and O–H groups in total. The maximum atomic E-state index is 11.1. The number of anilines is 1. The van der Waals surface area contributed by atoms with Gasteiger partial charge >= 0.3 is 0 Å². The molecule has 1 fully saturated rings. The van der Waals surface area contributed by atoms with Crippen molar-refractivity contribution in [1.82, 2.24) is 9.36 Å². The summed E-state index contributed by atoms with van der Waals surface area (Å²) < 4.78 is 9.62. The largest absolute Gasteiger partial charge is 0.550 e. The van der Waals surface area contributed by atoms with Crippen molar-refractivity contribution in [2.24, 2.45) is 5.92 Å². The zero-order chi connectivity index (χ0) is 16.2. The number of aromatic nitrogens is 2. The van der Waals surface area contributed by atoms with E-state index in [9.17, 15) is 9.90 Å². The normalized spacial score (nSPS) is 18.0. The highest BCUT2D eigenvalue weighted by Gasteiger charge is 2.23. The molecule has 0 aliphatic carbocycles.